The molecule has 50 heavy (non-hydrogen) atoms. The molecule has 0 saturated carbocycles. The Morgan fingerprint density at radius 1 is 0.380 bits per heavy atom. The van der Waals surface area contributed by atoms with Crippen molar-refractivity contribution in [2.24, 2.45) is 0 Å². The molecule has 1 heterocycles. The summed E-state index contributed by atoms with van der Waals surface area (Å²) in [6, 6.07) is -15.8. The molecule has 1 heteroatoms. The zero-order valence-corrected chi connectivity index (χ0v) is 26.4. The highest BCUT2D eigenvalue weighted by Crippen LogP contribution is 2.37. The molecule has 0 amide bonds. The van der Waals surface area contributed by atoms with Crippen molar-refractivity contribution in [3.63, 3.8) is 0 Å². The molecule has 0 N–H and O–H groups in total. The largest absolute Gasteiger partial charge is 0.456 e. The van der Waals surface area contributed by atoms with Gasteiger partial charge in [0.15, 0.2) is 0 Å². The van der Waals surface area contributed by atoms with E-state index >= 15 is 0 Å². The highest BCUT2D eigenvalue weighted by molar-refractivity contribution is 6.09. The maximum atomic E-state index is 9.28. The van der Waals surface area contributed by atoms with E-state index in [4.69, 9.17) is 34.6 Å². The van der Waals surface area contributed by atoms with Crippen molar-refractivity contribution in [2.75, 3.05) is 0 Å². The Kier molecular flexibility index (Phi) is 3.62. The number of fused-ring (bicyclic) bond motifs is 6. The van der Waals surface area contributed by atoms with Gasteiger partial charge in [-0.25, -0.2) is 0 Å². The summed E-state index contributed by atoms with van der Waals surface area (Å²) in [5.74, 6) is 0. The summed E-state index contributed by atoms with van der Waals surface area (Å²) in [5.41, 5.74) is -0.838. The Hall–Kier alpha value is -5.66. The number of unbranched alkanes of at least 4 members (excludes halogenated alkanes) is 1. The van der Waals surface area contributed by atoms with E-state index in [1.54, 1.807) is 0 Å². The lowest BCUT2D eigenvalue weighted by Crippen LogP contribution is -1.99. The minimum absolute atomic E-state index is 0.00747. The number of rotatable bonds is 10. The third-order valence-corrected chi connectivity index (χ3v) is 8.90. The van der Waals surface area contributed by atoms with E-state index in [9.17, 15) is 5.48 Å². The summed E-state index contributed by atoms with van der Waals surface area (Å²) in [6.07, 6.45) is -1.31. The predicted molar refractivity (Wildman–Crippen MR) is 212 cm³/mol. The second kappa shape index (κ2) is 13.3. The average Bonchev–Trinajstić information content (AvgIpc) is 3.89. The molecule has 1 aromatic heterocycles. The maximum Gasteiger partial charge on any atom is 0.135 e. The number of benzene rings is 8. The number of hydrogen-bond donors (Lipinski definition) is 0. The van der Waals surface area contributed by atoms with E-state index in [1.807, 2.05) is 0 Å². The van der Waals surface area contributed by atoms with Crippen molar-refractivity contribution in [3.8, 4) is 0 Å². The molecular weight excluding hydrogens is 605 g/mol. The normalized spacial score (nSPS) is 19.0. The molecule has 0 saturated heterocycles. The molecule has 0 fully saturated rings. The van der Waals surface area contributed by atoms with Gasteiger partial charge in [-0.05, 0) is 123 Å². The summed E-state index contributed by atoms with van der Waals surface area (Å²) < 4.78 is 233. The molecule has 9 aromatic rings. The van der Waals surface area contributed by atoms with E-state index in [1.165, 1.54) is 0 Å². The van der Waals surface area contributed by atoms with Crippen molar-refractivity contribution in [1.29, 1.82) is 0 Å². The first-order valence-corrected chi connectivity index (χ1v) is 16.0. The molecule has 0 unspecified atom stereocenters. The summed E-state index contributed by atoms with van der Waals surface area (Å²) in [7, 11) is 0. The second-order valence-electron chi connectivity index (χ2n) is 11.8. The Labute approximate surface area is 330 Å². The minimum atomic E-state index is -0.684. The monoisotopic (exact) mass is 670 g/mol. The summed E-state index contributed by atoms with van der Waals surface area (Å²) in [4.78, 5) is 0. The van der Waals surface area contributed by atoms with Crippen LogP contribution in [0.5, 0.6) is 0 Å². The minimum Gasteiger partial charge on any atom is -0.456 e. The SMILES string of the molecule is [2H]c1c([2H])c([2H])c(Cc2c([2H])c([2H])c([2H])c3oc4c([2H])c([2H])c([2H])c(CCCCc5c6c([2H])c([2H])c([2H])c([2H])c6c(CCc6c([2H])c([2H])c([2H])c7c([2H])c([2H])c([2H])c([2H])c67)c6c([2H])c([2H])c([2H])c([2H])c56)c4c23)c([2H])c1[2H]. The molecule has 1 nitrogen and oxygen atoms in total. The fourth-order valence-corrected chi connectivity index (χ4v) is 6.68. The third-order valence-electron chi connectivity index (χ3n) is 8.90. The van der Waals surface area contributed by atoms with Gasteiger partial charge in [0.25, 0.3) is 0 Å². The van der Waals surface area contributed by atoms with Crippen molar-refractivity contribution in [2.45, 2.75) is 44.9 Å². The summed E-state index contributed by atoms with van der Waals surface area (Å²) in [6.45, 7) is 0. The third kappa shape index (κ3) is 5.63. The Morgan fingerprint density at radius 2 is 0.880 bits per heavy atom. The Bertz CT molecular complexity index is 3990. The van der Waals surface area contributed by atoms with Gasteiger partial charge in [0, 0.05) is 10.8 Å². The number of furan rings is 1. The van der Waals surface area contributed by atoms with E-state index in [0.717, 1.165) is 0 Å². The average molecular weight is 671 g/mol. The van der Waals surface area contributed by atoms with Gasteiger partial charge < -0.3 is 4.42 Å². The van der Waals surface area contributed by atoms with Crippen LogP contribution in [-0.2, 0) is 32.1 Å². The van der Waals surface area contributed by atoms with Crippen LogP contribution >= 0.6 is 0 Å². The standard InChI is InChI=1S/C49H40O/c1-2-15-34(16-3-1)33-38-22-14-30-47-49(38)48-37(21-13-29-46(48)50-47)18-5-7-24-40-41-25-8-10-27-43(41)45(44-28-11-9-26-42(40)44)32-31-36-20-12-19-35-17-4-6-23-39(35)36/h1-4,6,8-17,19-23,25-30H,5,7,18,24,31-33H2/i1D,2D,3D,4D,6D,8D,9D,10D,11D,12D,13D,14D,15D,16D,17D,19D,20D,21D,22D,23D,25D,26D,27D,28D,29D,30D. The van der Waals surface area contributed by atoms with Gasteiger partial charge in [-0.3, -0.25) is 0 Å². The first-order chi connectivity index (χ1) is 35.6. The first-order valence-electron chi connectivity index (χ1n) is 29.0. The lowest BCUT2D eigenvalue weighted by Gasteiger charge is -2.17. The van der Waals surface area contributed by atoms with Crippen LogP contribution in [0.4, 0.5) is 0 Å². The second-order valence-corrected chi connectivity index (χ2v) is 11.8. The fourth-order valence-electron chi connectivity index (χ4n) is 6.68. The highest BCUT2D eigenvalue weighted by atomic mass is 16.3. The van der Waals surface area contributed by atoms with Crippen LogP contribution in [0.15, 0.2) is 162 Å². The van der Waals surface area contributed by atoms with E-state index in [2.05, 4.69) is 0 Å². The van der Waals surface area contributed by atoms with E-state index in [0.29, 0.717) is 0 Å². The van der Waals surface area contributed by atoms with Crippen molar-refractivity contribution in [3.05, 3.63) is 190 Å². The Morgan fingerprint density at radius 3 is 1.58 bits per heavy atom. The fraction of sp³-hybridized carbons (Fsp3) is 0.143. The van der Waals surface area contributed by atoms with Crippen LogP contribution < -0.4 is 0 Å². The molecule has 8 aromatic carbocycles. The van der Waals surface area contributed by atoms with Gasteiger partial charge in [-0.15, -0.1) is 0 Å². The molecule has 0 aliphatic rings. The van der Waals surface area contributed by atoms with Crippen molar-refractivity contribution < 1.29 is 40.1 Å². The molecule has 0 radical (unpaired) electrons. The van der Waals surface area contributed by atoms with Crippen molar-refractivity contribution in [1.82, 2.24) is 0 Å². The van der Waals surface area contributed by atoms with Crippen LogP contribution in [0.1, 0.15) is 81.9 Å². The zero-order chi connectivity index (χ0) is 55.9. The van der Waals surface area contributed by atoms with Crippen LogP contribution in [0.25, 0.3) is 54.3 Å². The molecule has 9 rings (SSSR count). The van der Waals surface area contributed by atoms with Gasteiger partial charge in [0.05, 0.1) is 35.6 Å². The lowest BCUT2D eigenvalue weighted by atomic mass is 9.86. The predicted octanol–water partition coefficient (Wildman–Crippen LogP) is 13.0. The van der Waals surface area contributed by atoms with Gasteiger partial charge in [0.2, 0.25) is 0 Å². The molecule has 0 aliphatic carbocycles. The Balaban J connectivity index is 1.21. The van der Waals surface area contributed by atoms with Crippen LogP contribution in [-0.4, -0.2) is 0 Å². The van der Waals surface area contributed by atoms with Crippen molar-refractivity contribution >= 4 is 54.3 Å². The van der Waals surface area contributed by atoms with E-state index in [-0.39, 0.29) is 126 Å². The highest BCUT2D eigenvalue weighted by Gasteiger charge is 2.17. The molecule has 0 atom stereocenters. The first kappa shape index (κ1) is 13.6. The summed E-state index contributed by atoms with van der Waals surface area (Å²) >= 11 is 0. The molecule has 0 spiro atoms. The lowest BCUT2D eigenvalue weighted by molar-refractivity contribution is 0.668. The molecule has 242 valence electrons. The smallest absolute Gasteiger partial charge is 0.135 e. The van der Waals surface area contributed by atoms with Crippen LogP contribution in [0.3, 0.4) is 0 Å². The van der Waals surface area contributed by atoms with Gasteiger partial charge >= 0.3 is 0 Å². The maximum absolute atomic E-state index is 9.28. The number of aryl methyl sites for hydroxylation is 4. The quantitative estimate of drug-likeness (QED) is 0.104. The zero-order valence-electron chi connectivity index (χ0n) is 52.4. The van der Waals surface area contributed by atoms with E-state index < -0.39 is 164 Å². The van der Waals surface area contributed by atoms with Gasteiger partial charge in [0.1, 0.15) is 11.2 Å². The topological polar surface area (TPSA) is 13.1 Å². The van der Waals surface area contributed by atoms with Gasteiger partial charge in [-0.1, -0.05) is 145 Å². The van der Waals surface area contributed by atoms with Gasteiger partial charge in [-0.2, -0.15) is 0 Å². The molecular formula is C49H40O. The van der Waals surface area contributed by atoms with Crippen LogP contribution in [0, 0.1) is 0 Å². The summed E-state index contributed by atoms with van der Waals surface area (Å²) in [5, 5.41) is -1.04. The molecule has 0 bridgehead atoms. The number of hydrogen-bond acceptors (Lipinski definition) is 1. The molecule has 0 aliphatic heterocycles. The van der Waals surface area contributed by atoms with Crippen LogP contribution in [0.2, 0.25) is 0 Å².